The second-order valence-corrected chi connectivity index (χ2v) is 6.90. The van der Waals surface area contributed by atoms with Crippen LogP contribution in [0.3, 0.4) is 0 Å². The molecule has 0 fully saturated rings. The molecule has 3 aromatic rings. The van der Waals surface area contributed by atoms with Crippen LogP contribution in [0, 0.1) is 0 Å². The van der Waals surface area contributed by atoms with Gasteiger partial charge >= 0.3 is 0 Å². The van der Waals surface area contributed by atoms with Crippen LogP contribution in [0.4, 0.5) is 0 Å². The van der Waals surface area contributed by atoms with E-state index >= 15 is 0 Å². The Morgan fingerprint density at radius 1 is 1.16 bits per heavy atom. The van der Waals surface area contributed by atoms with E-state index in [9.17, 15) is 0 Å². The molecule has 0 spiro atoms. The molecule has 1 heterocycles. The Balaban J connectivity index is 1.67. The van der Waals surface area contributed by atoms with Gasteiger partial charge in [0.2, 0.25) is 0 Å². The van der Waals surface area contributed by atoms with Crippen molar-refractivity contribution >= 4 is 23.2 Å². The van der Waals surface area contributed by atoms with Crippen molar-refractivity contribution in [1.82, 2.24) is 9.55 Å². The topological polar surface area (TPSA) is 27.1 Å². The smallest absolute Gasteiger partial charge is 0.123 e. The first kappa shape index (κ1) is 17.8. The summed E-state index contributed by atoms with van der Waals surface area (Å²) in [5.74, 6) is 1.27. The maximum Gasteiger partial charge on any atom is 0.123 e. The quantitative estimate of drug-likeness (QED) is 0.509. The van der Waals surface area contributed by atoms with E-state index in [0.29, 0.717) is 22.6 Å². The molecule has 0 aliphatic heterocycles. The Hall–Kier alpha value is -1.97. The standard InChI is InChI=1S/C20H20Cl2N2O/c1-15(8-10-24-11-9-23-14-24)18-4-2-3-5-20(18)25-13-16-6-7-17(21)12-19(16)22/h2-7,9,11-12,14-15H,8,10,13H2,1H3. The highest BCUT2D eigenvalue weighted by molar-refractivity contribution is 6.35. The fourth-order valence-corrected chi connectivity index (χ4v) is 3.19. The summed E-state index contributed by atoms with van der Waals surface area (Å²) >= 11 is 12.2. The molecule has 130 valence electrons. The van der Waals surface area contributed by atoms with Gasteiger partial charge in [-0.2, -0.15) is 0 Å². The van der Waals surface area contributed by atoms with Crippen molar-refractivity contribution in [3.8, 4) is 5.75 Å². The van der Waals surface area contributed by atoms with E-state index in [-0.39, 0.29) is 0 Å². The van der Waals surface area contributed by atoms with Crippen LogP contribution in [0.5, 0.6) is 5.75 Å². The van der Waals surface area contributed by atoms with Gasteiger partial charge in [-0.25, -0.2) is 4.98 Å². The van der Waals surface area contributed by atoms with Gasteiger partial charge in [0.1, 0.15) is 12.4 Å². The van der Waals surface area contributed by atoms with Crippen LogP contribution < -0.4 is 4.74 Å². The highest BCUT2D eigenvalue weighted by atomic mass is 35.5. The van der Waals surface area contributed by atoms with Gasteiger partial charge in [0.05, 0.1) is 6.33 Å². The number of halogens is 2. The van der Waals surface area contributed by atoms with Gasteiger partial charge in [-0.15, -0.1) is 0 Å². The highest BCUT2D eigenvalue weighted by Crippen LogP contribution is 2.30. The Labute approximate surface area is 158 Å². The highest BCUT2D eigenvalue weighted by Gasteiger charge is 2.12. The zero-order valence-corrected chi connectivity index (χ0v) is 15.5. The van der Waals surface area contributed by atoms with Crippen molar-refractivity contribution in [1.29, 1.82) is 0 Å². The Morgan fingerprint density at radius 2 is 2.00 bits per heavy atom. The number of rotatable bonds is 7. The summed E-state index contributed by atoms with van der Waals surface area (Å²) in [5.41, 5.74) is 2.12. The van der Waals surface area contributed by atoms with Gasteiger partial charge in [0.25, 0.3) is 0 Å². The number of imidazole rings is 1. The number of benzene rings is 2. The van der Waals surface area contributed by atoms with Crippen molar-refractivity contribution in [2.75, 3.05) is 0 Å². The lowest BCUT2D eigenvalue weighted by Gasteiger charge is -2.17. The fraction of sp³-hybridized carbons (Fsp3) is 0.250. The van der Waals surface area contributed by atoms with E-state index in [1.54, 1.807) is 12.3 Å². The first-order valence-corrected chi connectivity index (χ1v) is 9.00. The summed E-state index contributed by atoms with van der Waals surface area (Å²) < 4.78 is 8.15. The minimum Gasteiger partial charge on any atom is -0.489 e. The lowest BCUT2D eigenvalue weighted by Crippen LogP contribution is -2.04. The van der Waals surface area contributed by atoms with Crippen LogP contribution in [0.2, 0.25) is 10.0 Å². The zero-order valence-electron chi connectivity index (χ0n) is 14.0. The second-order valence-electron chi connectivity index (χ2n) is 6.05. The van der Waals surface area contributed by atoms with Gasteiger partial charge in [-0.1, -0.05) is 54.4 Å². The number of aryl methyl sites for hydroxylation is 1. The van der Waals surface area contributed by atoms with Crippen LogP contribution in [0.25, 0.3) is 0 Å². The van der Waals surface area contributed by atoms with Crippen LogP contribution >= 0.6 is 23.2 Å². The zero-order chi connectivity index (χ0) is 17.6. The second kappa shape index (κ2) is 8.41. The molecule has 1 unspecified atom stereocenters. The summed E-state index contributed by atoms with van der Waals surface area (Å²) in [6, 6.07) is 13.6. The van der Waals surface area contributed by atoms with E-state index in [0.717, 1.165) is 24.3 Å². The minimum atomic E-state index is 0.374. The molecule has 0 N–H and O–H groups in total. The SMILES string of the molecule is CC(CCn1ccnc1)c1ccccc1OCc1ccc(Cl)cc1Cl. The molecule has 25 heavy (non-hydrogen) atoms. The normalized spacial score (nSPS) is 12.1. The van der Waals surface area contributed by atoms with E-state index in [1.165, 1.54) is 5.56 Å². The molecule has 0 aliphatic rings. The molecule has 2 aromatic carbocycles. The third-order valence-corrected chi connectivity index (χ3v) is 4.81. The van der Waals surface area contributed by atoms with Crippen LogP contribution in [-0.4, -0.2) is 9.55 Å². The predicted molar refractivity (Wildman–Crippen MR) is 102 cm³/mol. The van der Waals surface area contributed by atoms with Gasteiger partial charge < -0.3 is 9.30 Å². The Bertz CT molecular complexity index is 818. The molecule has 0 bridgehead atoms. The molecule has 1 aromatic heterocycles. The van der Waals surface area contributed by atoms with Gasteiger partial charge in [-0.3, -0.25) is 0 Å². The molecule has 0 saturated carbocycles. The third-order valence-electron chi connectivity index (χ3n) is 4.23. The molecule has 0 aliphatic carbocycles. The molecular weight excluding hydrogens is 355 g/mol. The number of hydrogen-bond donors (Lipinski definition) is 0. The van der Waals surface area contributed by atoms with Crippen molar-refractivity contribution in [3.05, 3.63) is 82.4 Å². The lowest BCUT2D eigenvalue weighted by atomic mass is 9.97. The van der Waals surface area contributed by atoms with E-state index < -0.39 is 0 Å². The van der Waals surface area contributed by atoms with E-state index in [2.05, 4.69) is 22.5 Å². The molecule has 3 rings (SSSR count). The maximum atomic E-state index is 6.23. The lowest BCUT2D eigenvalue weighted by molar-refractivity contribution is 0.300. The van der Waals surface area contributed by atoms with Crippen molar-refractivity contribution in [3.63, 3.8) is 0 Å². The van der Waals surface area contributed by atoms with Crippen LogP contribution in [0.15, 0.2) is 61.2 Å². The van der Waals surface area contributed by atoms with Crippen molar-refractivity contribution < 1.29 is 4.74 Å². The van der Waals surface area contributed by atoms with Gasteiger partial charge in [-0.05, 0) is 36.1 Å². The monoisotopic (exact) mass is 374 g/mol. The van der Waals surface area contributed by atoms with E-state index in [4.69, 9.17) is 27.9 Å². The number of ether oxygens (including phenoxy) is 1. The van der Waals surface area contributed by atoms with Crippen molar-refractivity contribution in [2.24, 2.45) is 0 Å². The van der Waals surface area contributed by atoms with Gasteiger partial charge in [0.15, 0.2) is 0 Å². The average molecular weight is 375 g/mol. The van der Waals surface area contributed by atoms with Crippen LogP contribution in [-0.2, 0) is 13.2 Å². The summed E-state index contributed by atoms with van der Waals surface area (Å²) in [5, 5.41) is 1.25. The molecule has 3 nitrogen and oxygen atoms in total. The molecule has 1 atom stereocenters. The molecule has 5 heteroatoms. The largest absolute Gasteiger partial charge is 0.489 e. The summed E-state index contributed by atoms with van der Waals surface area (Å²) in [7, 11) is 0. The molecule has 0 saturated heterocycles. The average Bonchev–Trinajstić information content (AvgIpc) is 3.13. The Morgan fingerprint density at radius 3 is 2.76 bits per heavy atom. The molecular formula is C20H20Cl2N2O. The number of nitrogens with zero attached hydrogens (tertiary/aromatic N) is 2. The number of hydrogen-bond acceptors (Lipinski definition) is 2. The number of para-hydroxylation sites is 1. The summed E-state index contributed by atoms with van der Waals surface area (Å²) in [6.45, 7) is 3.56. The first-order chi connectivity index (χ1) is 12.1. The molecule has 0 amide bonds. The minimum absolute atomic E-state index is 0.374. The van der Waals surface area contributed by atoms with Gasteiger partial charge in [0, 0.05) is 34.5 Å². The van der Waals surface area contributed by atoms with Crippen LogP contribution in [0.1, 0.15) is 30.4 Å². The van der Waals surface area contributed by atoms with E-state index in [1.807, 2.05) is 42.9 Å². The maximum absolute atomic E-state index is 6.23. The fourth-order valence-electron chi connectivity index (χ4n) is 2.73. The number of aromatic nitrogens is 2. The third kappa shape index (κ3) is 4.77. The Kier molecular flexibility index (Phi) is 6.00. The first-order valence-electron chi connectivity index (χ1n) is 8.25. The summed E-state index contributed by atoms with van der Waals surface area (Å²) in [4.78, 5) is 4.08. The van der Waals surface area contributed by atoms with Crippen molar-refractivity contribution in [2.45, 2.75) is 32.4 Å². The predicted octanol–water partition coefficient (Wildman–Crippen LogP) is 5.96. The summed E-state index contributed by atoms with van der Waals surface area (Å²) in [6.07, 6.45) is 6.64. The molecule has 0 radical (unpaired) electrons.